The van der Waals surface area contributed by atoms with Gasteiger partial charge in [0.15, 0.2) is 11.5 Å². The van der Waals surface area contributed by atoms with Gasteiger partial charge in [-0.3, -0.25) is 4.79 Å². The van der Waals surface area contributed by atoms with Crippen LogP contribution in [-0.2, 0) is 17.8 Å². The molecule has 1 aliphatic heterocycles. The lowest BCUT2D eigenvalue weighted by molar-refractivity contribution is -0.114. The number of hydrazone groups is 1. The summed E-state index contributed by atoms with van der Waals surface area (Å²) >= 11 is 0. The molecule has 0 spiro atoms. The number of para-hydroxylation sites is 1. The van der Waals surface area contributed by atoms with Crippen molar-refractivity contribution in [2.75, 3.05) is 12.1 Å². The van der Waals surface area contributed by atoms with Gasteiger partial charge in [-0.15, -0.1) is 6.58 Å². The molecule has 0 fully saturated rings. The molecule has 0 unspecified atom stereocenters. The maximum absolute atomic E-state index is 13.2. The molecule has 0 saturated heterocycles. The SMILES string of the molecule is C=CCc1cc(/C=C2/C(=O)N(c3ccccc3)N=C2C)cc(OC)c1OCc1cccc2ccccc12. The third-order valence-corrected chi connectivity index (χ3v) is 6.36. The molecule has 184 valence electrons. The molecular weight excluding hydrogens is 460 g/mol. The van der Waals surface area contributed by atoms with Crippen LogP contribution in [0.15, 0.2) is 108 Å². The van der Waals surface area contributed by atoms with Crippen molar-refractivity contribution in [1.29, 1.82) is 0 Å². The van der Waals surface area contributed by atoms with Crippen molar-refractivity contribution >= 4 is 34.2 Å². The molecule has 4 aromatic carbocycles. The predicted molar refractivity (Wildman–Crippen MR) is 150 cm³/mol. The summed E-state index contributed by atoms with van der Waals surface area (Å²) in [4.78, 5) is 13.2. The standard InChI is InChI=1S/C32H28N2O3/c1-4-11-25-18-23(19-29-22(2)33-34(32(29)35)27-15-6-5-7-16-27)20-30(36-3)31(25)37-21-26-14-10-13-24-12-8-9-17-28(24)26/h4-10,12-20H,1,11,21H2,2-3H3/b29-19+. The maximum Gasteiger partial charge on any atom is 0.280 e. The zero-order valence-corrected chi connectivity index (χ0v) is 21.0. The van der Waals surface area contributed by atoms with E-state index in [1.54, 1.807) is 7.11 Å². The van der Waals surface area contributed by atoms with E-state index in [9.17, 15) is 4.79 Å². The van der Waals surface area contributed by atoms with E-state index >= 15 is 0 Å². The molecule has 5 heteroatoms. The first-order valence-electron chi connectivity index (χ1n) is 12.2. The Labute approximate surface area is 217 Å². The molecular formula is C32H28N2O3. The Balaban J connectivity index is 1.47. The monoisotopic (exact) mass is 488 g/mol. The van der Waals surface area contributed by atoms with Crippen molar-refractivity contribution in [2.45, 2.75) is 20.0 Å². The molecule has 0 bridgehead atoms. The third-order valence-electron chi connectivity index (χ3n) is 6.36. The van der Waals surface area contributed by atoms with Crippen LogP contribution in [0.5, 0.6) is 11.5 Å². The Hall–Kier alpha value is -4.64. The Morgan fingerprint density at radius 2 is 1.70 bits per heavy atom. The summed E-state index contributed by atoms with van der Waals surface area (Å²) in [6.45, 7) is 6.17. The number of rotatable bonds is 8. The summed E-state index contributed by atoms with van der Waals surface area (Å²) in [5.74, 6) is 1.11. The van der Waals surface area contributed by atoms with Gasteiger partial charge in [-0.25, -0.2) is 0 Å². The molecule has 0 N–H and O–H groups in total. The third kappa shape index (κ3) is 4.89. The van der Waals surface area contributed by atoms with E-state index in [0.29, 0.717) is 35.8 Å². The van der Waals surface area contributed by atoms with Crippen LogP contribution in [0.4, 0.5) is 5.69 Å². The van der Waals surface area contributed by atoms with Crippen molar-refractivity contribution < 1.29 is 14.3 Å². The molecule has 4 aromatic rings. The first kappa shape index (κ1) is 24.1. The lowest BCUT2D eigenvalue weighted by Gasteiger charge is -2.17. The number of carbonyl (C=O) groups excluding carboxylic acids is 1. The number of methoxy groups -OCH3 is 1. The summed E-state index contributed by atoms with van der Waals surface area (Å²) in [7, 11) is 1.62. The number of carbonyl (C=O) groups is 1. The highest BCUT2D eigenvalue weighted by atomic mass is 16.5. The Morgan fingerprint density at radius 1 is 0.946 bits per heavy atom. The second-order valence-corrected chi connectivity index (χ2v) is 8.83. The van der Waals surface area contributed by atoms with Gasteiger partial charge in [0.05, 0.1) is 24.1 Å². The molecule has 0 atom stereocenters. The highest BCUT2D eigenvalue weighted by Gasteiger charge is 2.28. The number of amides is 1. The van der Waals surface area contributed by atoms with E-state index in [4.69, 9.17) is 9.47 Å². The molecule has 0 radical (unpaired) electrons. The zero-order valence-electron chi connectivity index (χ0n) is 21.0. The van der Waals surface area contributed by atoms with E-state index in [0.717, 1.165) is 27.8 Å². The van der Waals surface area contributed by atoms with Gasteiger partial charge in [-0.2, -0.15) is 10.1 Å². The van der Waals surface area contributed by atoms with Crippen LogP contribution in [0.3, 0.4) is 0 Å². The van der Waals surface area contributed by atoms with Crippen molar-refractivity contribution in [3.63, 3.8) is 0 Å². The van der Waals surface area contributed by atoms with E-state index in [-0.39, 0.29) is 5.91 Å². The number of ether oxygens (including phenoxy) is 2. The van der Waals surface area contributed by atoms with Gasteiger partial charge in [-0.05, 0) is 65.6 Å². The smallest absolute Gasteiger partial charge is 0.280 e. The van der Waals surface area contributed by atoms with Gasteiger partial charge in [-0.1, -0.05) is 66.7 Å². The van der Waals surface area contributed by atoms with Crippen LogP contribution < -0.4 is 14.5 Å². The Morgan fingerprint density at radius 3 is 2.49 bits per heavy atom. The molecule has 5 rings (SSSR count). The van der Waals surface area contributed by atoms with Crippen molar-refractivity contribution in [2.24, 2.45) is 5.10 Å². The second kappa shape index (κ2) is 10.5. The average Bonchev–Trinajstić information content (AvgIpc) is 3.21. The van der Waals surface area contributed by atoms with Gasteiger partial charge in [0.2, 0.25) is 0 Å². The summed E-state index contributed by atoms with van der Waals surface area (Å²) in [6, 6.07) is 27.8. The molecule has 0 aromatic heterocycles. The fourth-order valence-electron chi connectivity index (χ4n) is 4.55. The number of benzene rings is 4. The van der Waals surface area contributed by atoms with Gasteiger partial charge in [0.25, 0.3) is 5.91 Å². The van der Waals surface area contributed by atoms with Crippen LogP contribution in [0, 0.1) is 0 Å². The maximum atomic E-state index is 13.2. The number of hydrogen-bond acceptors (Lipinski definition) is 4. The van der Waals surface area contributed by atoms with Crippen molar-refractivity contribution in [1.82, 2.24) is 0 Å². The minimum atomic E-state index is -0.163. The number of fused-ring (bicyclic) bond motifs is 1. The highest BCUT2D eigenvalue weighted by Crippen LogP contribution is 2.36. The van der Waals surface area contributed by atoms with Crippen LogP contribution in [-0.4, -0.2) is 18.7 Å². The normalized spacial score (nSPS) is 14.2. The molecule has 1 aliphatic rings. The molecule has 0 aliphatic carbocycles. The lowest BCUT2D eigenvalue weighted by atomic mass is 10.0. The first-order chi connectivity index (χ1) is 18.1. The van der Waals surface area contributed by atoms with E-state index in [1.807, 2.05) is 79.7 Å². The van der Waals surface area contributed by atoms with Crippen LogP contribution >= 0.6 is 0 Å². The van der Waals surface area contributed by atoms with Gasteiger partial charge in [0, 0.05) is 5.56 Å². The van der Waals surface area contributed by atoms with E-state index in [2.05, 4.69) is 35.9 Å². The summed E-state index contributed by atoms with van der Waals surface area (Å²) < 4.78 is 12.1. The first-order valence-corrected chi connectivity index (χ1v) is 12.2. The lowest BCUT2D eigenvalue weighted by Crippen LogP contribution is -2.21. The second-order valence-electron chi connectivity index (χ2n) is 8.83. The summed E-state index contributed by atoms with van der Waals surface area (Å²) in [5, 5.41) is 8.25. The average molecular weight is 489 g/mol. The molecule has 5 nitrogen and oxygen atoms in total. The van der Waals surface area contributed by atoms with Crippen molar-refractivity contribution in [3.05, 3.63) is 120 Å². The minimum Gasteiger partial charge on any atom is -0.493 e. The minimum absolute atomic E-state index is 0.163. The van der Waals surface area contributed by atoms with E-state index in [1.165, 1.54) is 10.4 Å². The van der Waals surface area contributed by atoms with Crippen LogP contribution in [0.2, 0.25) is 0 Å². The van der Waals surface area contributed by atoms with Gasteiger partial charge < -0.3 is 9.47 Å². The quantitative estimate of drug-likeness (QED) is 0.199. The Kier molecular flexibility index (Phi) is 6.86. The predicted octanol–water partition coefficient (Wildman–Crippen LogP) is 6.96. The summed E-state index contributed by atoms with van der Waals surface area (Å²) in [5.41, 5.74) is 4.80. The van der Waals surface area contributed by atoms with Crippen molar-refractivity contribution in [3.8, 4) is 11.5 Å². The van der Waals surface area contributed by atoms with Crippen LogP contribution in [0.1, 0.15) is 23.6 Å². The summed E-state index contributed by atoms with van der Waals surface area (Å²) in [6.07, 6.45) is 4.28. The topological polar surface area (TPSA) is 51.1 Å². The largest absolute Gasteiger partial charge is 0.493 e. The van der Waals surface area contributed by atoms with Gasteiger partial charge in [0.1, 0.15) is 6.61 Å². The van der Waals surface area contributed by atoms with Gasteiger partial charge >= 0.3 is 0 Å². The molecule has 1 amide bonds. The number of hydrogen-bond donors (Lipinski definition) is 0. The van der Waals surface area contributed by atoms with E-state index < -0.39 is 0 Å². The number of allylic oxidation sites excluding steroid dienone is 1. The zero-order chi connectivity index (χ0) is 25.8. The fraction of sp³-hybridized carbons (Fsp3) is 0.125. The molecule has 0 saturated carbocycles. The Bertz CT molecular complexity index is 1530. The molecule has 37 heavy (non-hydrogen) atoms. The fourth-order valence-corrected chi connectivity index (χ4v) is 4.55. The number of nitrogens with zero attached hydrogens (tertiary/aromatic N) is 2. The van der Waals surface area contributed by atoms with Crippen LogP contribution in [0.25, 0.3) is 16.8 Å². The highest BCUT2D eigenvalue weighted by molar-refractivity contribution is 6.32. The number of anilines is 1. The molecule has 1 heterocycles.